The molecule has 0 N–H and O–H groups in total. The van der Waals surface area contributed by atoms with Gasteiger partial charge < -0.3 is 9.64 Å². The highest BCUT2D eigenvalue weighted by atomic mass is 32.1. The number of rotatable bonds is 4. The van der Waals surface area contributed by atoms with Crippen molar-refractivity contribution in [3.8, 4) is 0 Å². The normalized spacial score (nSPS) is 17.5. The number of thiophene rings is 1. The highest BCUT2D eigenvalue weighted by molar-refractivity contribution is 7.20. The molecule has 1 aromatic carbocycles. The first-order valence-electron chi connectivity index (χ1n) is 8.10. The standard InChI is InChI=1S/C17H18N2O5S/c1-11-4-2-3-7-18(11)16(20)10-24-17(21)15-9-12-8-13(19(22)23)5-6-14(12)25-15/h5-6,8-9,11H,2-4,7,10H2,1H3/t11-/m1/s1. The van der Waals surface area contributed by atoms with Crippen molar-refractivity contribution >= 4 is 39.0 Å². The first-order chi connectivity index (χ1) is 12.0. The van der Waals surface area contributed by atoms with Crippen molar-refractivity contribution in [1.29, 1.82) is 0 Å². The van der Waals surface area contributed by atoms with E-state index >= 15 is 0 Å². The van der Waals surface area contributed by atoms with Gasteiger partial charge in [-0.05, 0) is 38.3 Å². The molecule has 0 spiro atoms. The molecule has 2 heterocycles. The first kappa shape index (κ1) is 17.3. The summed E-state index contributed by atoms with van der Waals surface area (Å²) in [6.45, 7) is 2.42. The number of ether oxygens (including phenoxy) is 1. The van der Waals surface area contributed by atoms with Gasteiger partial charge in [0.15, 0.2) is 6.61 Å². The third-order valence-corrected chi connectivity index (χ3v) is 5.46. The number of likely N-dealkylation sites (tertiary alicyclic amines) is 1. The van der Waals surface area contributed by atoms with Gasteiger partial charge >= 0.3 is 5.97 Å². The highest BCUT2D eigenvalue weighted by Crippen LogP contribution is 2.29. The van der Waals surface area contributed by atoms with Gasteiger partial charge in [0, 0.05) is 34.8 Å². The van der Waals surface area contributed by atoms with Crippen LogP contribution in [0.1, 0.15) is 35.9 Å². The Balaban J connectivity index is 1.65. The van der Waals surface area contributed by atoms with Gasteiger partial charge in [-0.3, -0.25) is 14.9 Å². The van der Waals surface area contributed by atoms with Crippen LogP contribution in [0.4, 0.5) is 5.69 Å². The molecular weight excluding hydrogens is 344 g/mol. The van der Waals surface area contributed by atoms with Crippen molar-refractivity contribution in [2.45, 2.75) is 32.2 Å². The number of esters is 1. The second-order valence-corrected chi connectivity index (χ2v) is 7.18. The summed E-state index contributed by atoms with van der Waals surface area (Å²) < 4.78 is 5.90. The molecule has 1 aromatic heterocycles. The minimum Gasteiger partial charge on any atom is -0.451 e. The van der Waals surface area contributed by atoms with E-state index in [0.29, 0.717) is 16.8 Å². The lowest BCUT2D eigenvalue weighted by atomic mass is 10.0. The molecule has 0 radical (unpaired) electrons. The Kier molecular flexibility index (Phi) is 4.98. The maximum atomic E-state index is 12.2. The summed E-state index contributed by atoms with van der Waals surface area (Å²) in [6, 6.07) is 6.15. The molecule has 25 heavy (non-hydrogen) atoms. The number of benzene rings is 1. The largest absolute Gasteiger partial charge is 0.451 e. The molecule has 1 atom stereocenters. The third-order valence-electron chi connectivity index (χ3n) is 4.36. The molecule has 132 valence electrons. The third kappa shape index (κ3) is 3.79. The second-order valence-electron chi connectivity index (χ2n) is 6.10. The van der Waals surface area contributed by atoms with Crippen molar-refractivity contribution in [2.75, 3.05) is 13.2 Å². The van der Waals surface area contributed by atoms with Gasteiger partial charge in [-0.1, -0.05) is 0 Å². The van der Waals surface area contributed by atoms with E-state index in [0.717, 1.165) is 24.0 Å². The lowest BCUT2D eigenvalue weighted by Gasteiger charge is -2.33. The summed E-state index contributed by atoms with van der Waals surface area (Å²) in [4.78, 5) is 36.8. The Morgan fingerprint density at radius 2 is 2.16 bits per heavy atom. The summed E-state index contributed by atoms with van der Waals surface area (Å²) >= 11 is 1.19. The summed E-state index contributed by atoms with van der Waals surface area (Å²) in [7, 11) is 0. The van der Waals surface area contributed by atoms with Crippen LogP contribution in [0.25, 0.3) is 10.1 Å². The van der Waals surface area contributed by atoms with E-state index in [1.807, 2.05) is 6.92 Å². The molecule has 0 unspecified atom stereocenters. The van der Waals surface area contributed by atoms with E-state index in [2.05, 4.69) is 0 Å². The van der Waals surface area contributed by atoms with Gasteiger partial charge in [-0.2, -0.15) is 0 Å². The number of fused-ring (bicyclic) bond motifs is 1. The molecule has 2 aromatic rings. The molecule has 1 aliphatic heterocycles. The van der Waals surface area contributed by atoms with Crippen molar-refractivity contribution in [3.63, 3.8) is 0 Å². The van der Waals surface area contributed by atoms with Crippen LogP contribution in [-0.2, 0) is 9.53 Å². The first-order valence-corrected chi connectivity index (χ1v) is 8.92. The Bertz CT molecular complexity index is 832. The van der Waals surface area contributed by atoms with Crippen LogP contribution in [0.2, 0.25) is 0 Å². The Hall–Kier alpha value is -2.48. The van der Waals surface area contributed by atoms with Crippen molar-refractivity contribution in [1.82, 2.24) is 4.90 Å². The van der Waals surface area contributed by atoms with Gasteiger partial charge in [-0.25, -0.2) is 4.79 Å². The molecule has 0 bridgehead atoms. The SMILES string of the molecule is C[C@@H]1CCCCN1C(=O)COC(=O)c1cc2cc([N+](=O)[O-])ccc2s1. The fourth-order valence-corrected chi connectivity index (χ4v) is 3.93. The second kappa shape index (κ2) is 7.18. The number of nitro benzene ring substituents is 1. The Morgan fingerprint density at radius 3 is 2.88 bits per heavy atom. The fourth-order valence-electron chi connectivity index (χ4n) is 2.99. The van der Waals surface area contributed by atoms with E-state index in [1.165, 1.54) is 23.5 Å². The van der Waals surface area contributed by atoms with E-state index in [9.17, 15) is 19.7 Å². The summed E-state index contributed by atoms with van der Waals surface area (Å²) in [6.07, 6.45) is 3.05. The highest BCUT2D eigenvalue weighted by Gasteiger charge is 2.24. The Labute approximate surface area is 148 Å². The molecule has 7 nitrogen and oxygen atoms in total. The predicted molar refractivity (Wildman–Crippen MR) is 93.8 cm³/mol. The van der Waals surface area contributed by atoms with E-state index in [1.54, 1.807) is 17.0 Å². The van der Waals surface area contributed by atoms with Crippen LogP contribution >= 0.6 is 11.3 Å². The van der Waals surface area contributed by atoms with E-state index in [-0.39, 0.29) is 24.2 Å². The van der Waals surface area contributed by atoms with Crippen LogP contribution in [0.15, 0.2) is 24.3 Å². The molecule has 3 rings (SSSR count). The van der Waals surface area contributed by atoms with Gasteiger partial charge in [0.1, 0.15) is 4.88 Å². The minimum atomic E-state index is -0.582. The minimum absolute atomic E-state index is 0.0283. The van der Waals surface area contributed by atoms with Crippen LogP contribution in [0.5, 0.6) is 0 Å². The number of hydrogen-bond donors (Lipinski definition) is 0. The molecule has 1 fully saturated rings. The fraction of sp³-hybridized carbons (Fsp3) is 0.412. The lowest BCUT2D eigenvalue weighted by molar-refractivity contribution is -0.384. The van der Waals surface area contributed by atoms with Crippen LogP contribution in [-0.4, -0.2) is 40.9 Å². The van der Waals surface area contributed by atoms with Crippen molar-refractivity contribution in [2.24, 2.45) is 0 Å². The summed E-state index contributed by atoms with van der Waals surface area (Å²) in [5, 5.41) is 11.4. The Morgan fingerprint density at radius 1 is 1.36 bits per heavy atom. The van der Waals surface area contributed by atoms with Gasteiger partial charge in [0.25, 0.3) is 11.6 Å². The number of nitro groups is 1. The number of amides is 1. The van der Waals surface area contributed by atoms with Crippen LogP contribution in [0.3, 0.4) is 0 Å². The average Bonchev–Trinajstić information content (AvgIpc) is 3.03. The summed E-state index contributed by atoms with van der Waals surface area (Å²) in [5.74, 6) is -0.765. The quantitative estimate of drug-likeness (QED) is 0.472. The van der Waals surface area contributed by atoms with Crippen molar-refractivity contribution in [3.05, 3.63) is 39.3 Å². The van der Waals surface area contributed by atoms with Crippen LogP contribution < -0.4 is 0 Å². The zero-order valence-corrected chi connectivity index (χ0v) is 14.6. The summed E-state index contributed by atoms with van der Waals surface area (Å²) in [5.41, 5.74) is -0.0283. The maximum absolute atomic E-state index is 12.2. The maximum Gasteiger partial charge on any atom is 0.348 e. The molecular formula is C17H18N2O5S. The number of nitrogens with zero attached hydrogens (tertiary/aromatic N) is 2. The van der Waals surface area contributed by atoms with Gasteiger partial charge in [0.2, 0.25) is 0 Å². The number of non-ortho nitro benzene ring substituents is 1. The smallest absolute Gasteiger partial charge is 0.348 e. The topological polar surface area (TPSA) is 89.8 Å². The van der Waals surface area contributed by atoms with Crippen molar-refractivity contribution < 1.29 is 19.2 Å². The number of carbonyl (C=O) groups excluding carboxylic acids is 2. The lowest BCUT2D eigenvalue weighted by Crippen LogP contribution is -2.44. The monoisotopic (exact) mass is 362 g/mol. The zero-order chi connectivity index (χ0) is 18.0. The molecule has 1 saturated heterocycles. The van der Waals surface area contributed by atoms with E-state index < -0.39 is 10.9 Å². The molecule has 1 aliphatic rings. The number of piperidine rings is 1. The average molecular weight is 362 g/mol. The molecule has 0 aliphatic carbocycles. The molecule has 1 amide bonds. The predicted octanol–water partition coefficient (Wildman–Crippen LogP) is 3.37. The van der Waals surface area contributed by atoms with Crippen LogP contribution in [0, 0.1) is 10.1 Å². The molecule has 8 heteroatoms. The zero-order valence-electron chi connectivity index (χ0n) is 13.8. The van der Waals surface area contributed by atoms with Gasteiger partial charge in [-0.15, -0.1) is 11.3 Å². The number of carbonyl (C=O) groups is 2. The van der Waals surface area contributed by atoms with E-state index in [4.69, 9.17) is 4.74 Å². The molecule has 0 saturated carbocycles. The van der Waals surface area contributed by atoms with Gasteiger partial charge in [0.05, 0.1) is 4.92 Å². The number of hydrogen-bond acceptors (Lipinski definition) is 6.